The molecule has 0 aromatic carbocycles. The second-order valence-corrected chi connectivity index (χ2v) is 3.40. The Morgan fingerprint density at radius 3 is 2.43 bits per heavy atom. The number of halogens is 2. The van der Waals surface area contributed by atoms with Gasteiger partial charge in [-0.25, -0.2) is 13.5 Å². The van der Waals surface area contributed by atoms with Gasteiger partial charge in [0.25, 0.3) is 5.92 Å². The van der Waals surface area contributed by atoms with Gasteiger partial charge in [-0.15, -0.1) is 5.10 Å². The molecule has 2 unspecified atom stereocenters. The van der Waals surface area contributed by atoms with E-state index in [1.54, 1.807) is 6.92 Å². The molecule has 7 heteroatoms. The highest BCUT2D eigenvalue weighted by Crippen LogP contribution is 2.28. The number of nitrogens with zero attached hydrogens (tertiary/aromatic N) is 4. The van der Waals surface area contributed by atoms with Crippen LogP contribution >= 0.6 is 0 Å². The minimum atomic E-state index is -2.88. The maximum atomic E-state index is 13.0. The van der Waals surface area contributed by atoms with Crippen molar-refractivity contribution in [2.75, 3.05) is 0 Å². The Labute approximate surface area is 80.3 Å². The molecule has 0 aliphatic heterocycles. The first-order chi connectivity index (χ1) is 6.34. The first-order valence-electron chi connectivity index (χ1n) is 4.25. The summed E-state index contributed by atoms with van der Waals surface area (Å²) in [5, 5.41) is 10.4. The normalized spacial score (nSPS) is 16.7. The lowest BCUT2D eigenvalue weighted by Crippen LogP contribution is -2.29. The molecule has 1 heterocycles. The lowest BCUT2D eigenvalue weighted by atomic mass is 10.2. The van der Waals surface area contributed by atoms with Crippen LogP contribution in [0.3, 0.4) is 0 Å². The van der Waals surface area contributed by atoms with E-state index in [-0.39, 0.29) is 5.82 Å². The van der Waals surface area contributed by atoms with E-state index in [4.69, 9.17) is 5.73 Å². The van der Waals surface area contributed by atoms with Gasteiger partial charge in [-0.1, -0.05) is 0 Å². The Morgan fingerprint density at radius 2 is 2.00 bits per heavy atom. The number of rotatable bonds is 3. The summed E-state index contributed by atoms with van der Waals surface area (Å²) in [6.07, 6.45) is 0. The number of hydrogen-bond donors (Lipinski definition) is 1. The van der Waals surface area contributed by atoms with E-state index in [0.717, 1.165) is 11.6 Å². The predicted octanol–water partition coefficient (Wildman–Crippen LogP) is 0.909. The number of alkyl halides is 2. The summed E-state index contributed by atoms with van der Waals surface area (Å²) in [5.41, 5.74) is 5.53. The number of aromatic nitrogens is 4. The van der Waals surface area contributed by atoms with Crippen molar-refractivity contribution in [1.29, 1.82) is 0 Å². The Balaban J connectivity index is 3.01. The van der Waals surface area contributed by atoms with Gasteiger partial charge in [-0.3, -0.25) is 0 Å². The van der Waals surface area contributed by atoms with E-state index >= 15 is 0 Å². The summed E-state index contributed by atoms with van der Waals surface area (Å²) in [7, 11) is 0. The van der Waals surface area contributed by atoms with Gasteiger partial charge in [-0.05, 0) is 24.3 Å². The van der Waals surface area contributed by atoms with Crippen LogP contribution in [0.1, 0.15) is 38.7 Å². The molecule has 2 N–H and O–H groups in total. The van der Waals surface area contributed by atoms with E-state index in [9.17, 15) is 8.78 Å². The van der Waals surface area contributed by atoms with Crippen molar-refractivity contribution in [3.8, 4) is 0 Å². The molecule has 1 aromatic rings. The van der Waals surface area contributed by atoms with Gasteiger partial charge in [0.1, 0.15) is 6.04 Å². The molecule has 14 heavy (non-hydrogen) atoms. The van der Waals surface area contributed by atoms with Crippen molar-refractivity contribution < 1.29 is 8.78 Å². The molecule has 0 saturated heterocycles. The highest BCUT2D eigenvalue weighted by Gasteiger charge is 2.34. The van der Waals surface area contributed by atoms with Crippen molar-refractivity contribution in [3.63, 3.8) is 0 Å². The van der Waals surface area contributed by atoms with Gasteiger partial charge in [0.2, 0.25) is 0 Å². The highest BCUT2D eigenvalue weighted by molar-refractivity contribution is 4.91. The van der Waals surface area contributed by atoms with Gasteiger partial charge in [0, 0.05) is 6.92 Å². The SMILES string of the molecule is CC(N)c1nnnn1C(C)C(C)(F)F. The monoisotopic (exact) mass is 205 g/mol. The van der Waals surface area contributed by atoms with E-state index in [2.05, 4.69) is 15.5 Å². The Bertz CT molecular complexity index is 303. The third-order valence-corrected chi connectivity index (χ3v) is 2.03. The topological polar surface area (TPSA) is 69.6 Å². The lowest BCUT2D eigenvalue weighted by molar-refractivity contribution is -0.0318. The van der Waals surface area contributed by atoms with Crippen molar-refractivity contribution in [2.24, 2.45) is 5.73 Å². The van der Waals surface area contributed by atoms with Gasteiger partial charge < -0.3 is 5.73 Å². The third kappa shape index (κ3) is 2.03. The molecular weight excluding hydrogens is 192 g/mol. The zero-order valence-electron chi connectivity index (χ0n) is 8.28. The zero-order chi connectivity index (χ0) is 10.9. The van der Waals surface area contributed by atoms with Crippen molar-refractivity contribution in [2.45, 2.75) is 38.8 Å². The van der Waals surface area contributed by atoms with Crippen LogP contribution in [-0.2, 0) is 0 Å². The zero-order valence-corrected chi connectivity index (χ0v) is 8.28. The molecule has 5 nitrogen and oxygen atoms in total. The average Bonchev–Trinajstić information content (AvgIpc) is 2.48. The fraction of sp³-hybridized carbons (Fsp3) is 0.857. The van der Waals surface area contributed by atoms with Gasteiger partial charge >= 0.3 is 0 Å². The fourth-order valence-corrected chi connectivity index (χ4v) is 0.991. The average molecular weight is 205 g/mol. The maximum Gasteiger partial charge on any atom is 0.267 e. The van der Waals surface area contributed by atoms with Crippen molar-refractivity contribution in [3.05, 3.63) is 5.82 Å². The second-order valence-electron chi connectivity index (χ2n) is 3.40. The molecule has 0 radical (unpaired) electrons. The number of tetrazole rings is 1. The quantitative estimate of drug-likeness (QED) is 0.796. The standard InChI is InChI=1S/C7H13F2N5/c1-4(10)6-11-12-13-14(6)5(2)7(3,8)9/h4-5H,10H2,1-3H3. The van der Waals surface area contributed by atoms with Crippen LogP contribution in [0.2, 0.25) is 0 Å². The molecule has 2 atom stereocenters. The molecule has 1 rings (SSSR count). The van der Waals surface area contributed by atoms with E-state index in [1.165, 1.54) is 6.92 Å². The summed E-state index contributed by atoms with van der Waals surface area (Å²) in [5.74, 6) is -2.61. The van der Waals surface area contributed by atoms with Crippen LogP contribution in [-0.4, -0.2) is 26.1 Å². The molecule has 0 spiro atoms. The summed E-state index contributed by atoms with van der Waals surface area (Å²) in [6.45, 7) is 3.81. The summed E-state index contributed by atoms with van der Waals surface area (Å²) in [6, 6.07) is -1.56. The molecule has 0 fully saturated rings. The molecule has 0 aliphatic rings. The van der Waals surface area contributed by atoms with Crippen molar-refractivity contribution >= 4 is 0 Å². The Hall–Kier alpha value is -1.11. The first kappa shape index (κ1) is 11.0. The highest BCUT2D eigenvalue weighted by atomic mass is 19.3. The van der Waals surface area contributed by atoms with Crippen LogP contribution in [0.15, 0.2) is 0 Å². The van der Waals surface area contributed by atoms with Crippen molar-refractivity contribution in [1.82, 2.24) is 20.2 Å². The fourth-order valence-electron chi connectivity index (χ4n) is 0.991. The van der Waals surface area contributed by atoms with Crippen LogP contribution in [0.25, 0.3) is 0 Å². The number of hydrogen-bond acceptors (Lipinski definition) is 4. The van der Waals surface area contributed by atoms with Crippen LogP contribution in [0.4, 0.5) is 8.78 Å². The third-order valence-electron chi connectivity index (χ3n) is 2.03. The molecule has 0 amide bonds. The number of nitrogens with two attached hydrogens (primary N) is 1. The molecule has 0 aliphatic carbocycles. The smallest absolute Gasteiger partial charge is 0.267 e. The minimum absolute atomic E-state index is 0.263. The van der Waals surface area contributed by atoms with Crippen LogP contribution < -0.4 is 5.73 Å². The maximum absolute atomic E-state index is 13.0. The van der Waals surface area contributed by atoms with Crippen LogP contribution in [0.5, 0.6) is 0 Å². The lowest BCUT2D eigenvalue weighted by Gasteiger charge is -2.20. The molecular formula is C7H13F2N5. The van der Waals surface area contributed by atoms with Gasteiger partial charge in [0.05, 0.1) is 6.04 Å². The molecule has 80 valence electrons. The second kappa shape index (κ2) is 3.56. The molecule has 0 saturated carbocycles. The summed E-state index contributed by atoms with van der Waals surface area (Å²) in [4.78, 5) is 0. The van der Waals surface area contributed by atoms with E-state index < -0.39 is 18.0 Å². The minimum Gasteiger partial charge on any atom is -0.322 e. The summed E-state index contributed by atoms with van der Waals surface area (Å²) >= 11 is 0. The Kier molecular flexibility index (Phi) is 2.79. The molecule has 0 bridgehead atoms. The predicted molar refractivity (Wildman–Crippen MR) is 45.8 cm³/mol. The van der Waals surface area contributed by atoms with Gasteiger partial charge in [0.15, 0.2) is 5.82 Å². The first-order valence-corrected chi connectivity index (χ1v) is 4.25. The largest absolute Gasteiger partial charge is 0.322 e. The Morgan fingerprint density at radius 1 is 1.43 bits per heavy atom. The van der Waals surface area contributed by atoms with E-state index in [0.29, 0.717) is 0 Å². The molecule has 1 aromatic heterocycles. The van der Waals surface area contributed by atoms with E-state index in [1.807, 2.05) is 0 Å². The van der Waals surface area contributed by atoms with Crippen LogP contribution in [0, 0.1) is 0 Å². The summed E-state index contributed by atoms with van der Waals surface area (Å²) < 4.78 is 27.0. The van der Waals surface area contributed by atoms with Gasteiger partial charge in [-0.2, -0.15) is 0 Å².